The van der Waals surface area contributed by atoms with Gasteiger partial charge in [0.1, 0.15) is 5.92 Å². The Hall–Kier alpha value is -1.35. The summed E-state index contributed by atoms with van der Waals surface area (Å²) < 4.78 is 4.63. The van der Waals surface area contributed by atoms with Crippen molar-refractivity contribution in [1.82, 2.24) is 0 Å². The Labute approximate surface area is 97.1 Å². The monoisotopic (exact) mass is 224 g/mol. The fourth-order valence-electron chi connectivity index (χ4n) is 1.40. The minimum atomic E-state index is -0.746. The van der Waals surface area contributed by atoms with Crippen LogP contribution in [0, 0.1) is 0 Å². The normalized spacial score (nSPS) is 13.1. The Balaban J connectivity index is 0.00000106. The van der Waals surface area contributed by atoms with Gasteiger partial charge in [0, 0.05) is 0 Å². The molecule has 0 aliphatic rings. The zero-order valence-electron chi connectivity index (χ0n) is 10.3. The van der Waals surface area contributed by atoms with Crippen molar-refractivity contribution in [2.24, 2.45) is 0 Å². The molecule has 1 aromatic carbocycles. The van der Waals surface area contributed by atoms with Gasteiger partial charge in [-0.2, -0.15) is 0 Å². The summed E-state index contributed by atoms with van der Waals surface area (Å²) in [6.45, 7) is 5.58. The Bertz CT molecular complexity index is 293. The number of rotatable bonds is 3. The molecule has 0 amide bonds. The maximum Gasteiger partial charge on any atom is 0.315 e. The van der Waals surface area contributed by atoms with Crippen LogP contribution in [0.4, 0.5) is 0 Å². The average molecular weight is 224 g/mol. The van der Waals surface area contributed by atoms with Crippen LogP contribution in [0.3, 0.4) is 0 Å². The molecule has 2 unspecified atom stereocenters. The van der Waals surface area contributed by atoms with E-state index in [-0.39, 0.29) is 0 Å². The summed E-state index contributed by atoms with van der Waals surface area (Å²) >= 11 is 0. The van der Waals surface area contributed by atoms with Crippen LogP contribution in [-0.2, 0) is 9.53 Å². The summed E-state index contributed by atoms with van der Waals surface area (Å²) in [5.41, 5.74) is 0.773. The molecule has 0 aliphatic heterocycles. The predicted molar refractivity (Wildman–Crippen MR) is 64.2 cm³/mol. The van der Waals surface area contributed by atoms with Crippen molar-refractivity contribution >= 4 is 5.97 Å². The fourth-order valence-corrected chi connectivity index (χ4v) is 1.40. The molecule has 16 heavy (non-hydrogen) atoms. The fraction of sp³-hybridized carbons (Fsp3) is 0.462. The molecule has 0 bridgehead atoms. The van der Waals surface area contributed by atoms with Crippen LogP contribution in [0.2, 0.25) is 0 Å². The molecular weight excluding hydrogens is 204 g/mol. The van der Waals surface area contributed by atoms with Gasteiger partial charge in [-0.15, -0.1) is 0 Å². The smallest absolute Gasteiger partial charge is 0.315 e. The lowest BCUT2D eigenvalue weighted by Crippen LogP contribution is -2.24. The average Bonchev–Trinajstić information content (AvgIpc) is 2.32. The minimum Gasteiger partial charge on any atom is -0.468 e. The lowest BCUT2D eigenvalue weighted by atomic mass is 9.94. The number of hydrogen-bond donors (Lipinski definition) is 1. The summed E-state index contributed by atoms with van der Waals surface area (Å²) in [4.78, 5) is 11.4. The van der Waals surface area contributed by atoms with Gasteiger partial charge in [0.2, 0.25) is 0 Å². The van der Waals surface area contributed by atoms with Crippen molar-refractivity contribution in [3.63, 3.8) is 0 Å². The molecule has 3 heteroatoms. The Morgan fingerprint density at radius 3 is 2.12 bits per heavy atom. The Morgan fingerprint density at radius 2 is 1.75 bits per heavy atom. The highest BCUT2D eigenvalue weighted by atomic mass is 16.5. The Kier molecular flexibility index (Phi) is 7.21. The van der Waals surface area contributed by atoms with Crippen LogP contribution in [0.5, 0.6) is 0 Å². The van der Waals surface area contributed by atoms with E-state index in [4.69, 9.17) is 0 Å². The quantitative estimate of drug-likeness (QED) is 0.802. The number of ether oxygens (including phenoxy) is 1. The highest BCUT2D eigenvalue weighted by Gasteiger charge is 2.25. The zero-order valence-corrected chi connectivity index (χ0v) is 10.3. The summed E-state index contributed by atoms with van der Waals surface area (Å²) in [6.07, 6.45) is -0.746. The van der Waals surface area contributed by atoms with E-state index in [1.54, 1.807) is 19.1 Å². The van der Waals surface area contributed by atoms with Gasteiger partial charge in [-0.25, -0.2) is 0 Å². The minimum absolute atomic E-state index is 0.411. The van der Waals surface area contributed by atoms with Crippen molar-refractivity contribution in [2.45, 2.75) is 32.8 Å². The molecule has 0 spiro atoms. The molecule has 0 saturated heterocycles. The number of aliphatic hydroxyl groups excluding tert-OH is 1. The first kappa shape index (κ1) is 14.6. The number of carbonyl (C=O) groups excluding carboxylic acids is 1. The third-order valence-electron chi connectivity index (χ3n) is 2.10. The number of esters is 1. The van der Waals surface area contributed by atoms with E-state index in [1.807, 2.05) is 32.0 Å². The second kappa shape index (κ2) is 7.88. The van der Waals surface area contributed by atoms with Crippen LogP contribution in [0.1, 0.15) is 32.3 Å². The van der Waals surface area contributed by atoms with Crippen molar-refractivity contribution < 1.29 is 14.6 Å². The largest absolute Gasteiger partial charge is 0.468 e. The van der Waals surface area contributed by atoms with E-state index >= 15 is 0 Å². The van der Waals surface area contributed by atoms with Gasteiger partial charge >= 0.3 is 5.97 Å². The van der Waals surface area contributed by atoms with Gasteiger partial charge in [-0.1, -0.05) is 44.2 Å². The van der Waals surface area contributed by atoms with E-state index < -0.39 is 18.0 Å². The van der Waals surface area contributed by atoms with Crippen molar-refractivity contribution in [3.8, 4) is 0 Å². The molecule has 2 atom stereocenters. The van der Waals surface area contributed by atoms with E-state index in [2.05, 4.69) is 4.74 Å². The van der Waals surface area contributed by atoms with Crippen LogP contribution >= 0.6 is 0 Å². The predicted octanol–water partition coefficient (Wildman–Crippen LogP) is 2.35. The maximum atomic E-state index is 11.4. The lowest BCUT2D eigenvalue weighted by molar-refractivity contribution is -0.144. The highest BCUT2D eigenvalue weighted by Crippen LogP contribution is 2.20. The first-order valence-corrected chi connectivity index (χ1v) is 5.47. The van der Waals surface area contributed by atoms with Gasteiger partial charge in [0.05, 0.1) is 13.2 Å². The molecule has 1 N–H and O–H groups in total. The van der Waals surface area contributed by atoms with Crippen LogP contribution in [0.15, 0.2) is 30.3 Å². The molecule has 0 fully saturated rings. The number of aliphatic hydroxyl groups is 1. The number of benzene rings is 1. The molecule has 0 saturated carbocycles. The van der Waals surface area contributed by atoms with E-state index in [1.165, 1.54) is 7.11 Å². The second-order valence-electron chi connectivity index (χ2n) is 3.15. The number of carbonyl (C=O) groups is 1. The topological polar surface area (TPSA) is 46.5 Å². The van der Waals surface area contributed by atoms with E-state index in [0.717, 1.165) is 5.56 Å². The summed E-state index contributed by atoms with van der Waals surface area (Å²) in [5.74, 6) is -1.01. The summed E-state index contributed by atoms with van der Waals surface area (Å²) in [7, 11) is 1.32. The number of hydrogen-bond acceptors (Lipinski definition) is 3. The SMILES string of the molecule is CC.COC(=O)C(c1ccccc1)C(C)O. The van der Waals surface area contributed by atoms with Gasteiger partial charge in [0.25, 0.3) is 0 Å². The van der Waals surface area contributed by atoms with Crippen LogP contribution in [-0.4, -0.2) is 24.3 Å². The summed E-state index contributed by atoms with van der Waals surface area (Å²) in [5, 5.41) is 9.47. The van der Waals surface area contributed by atoms with E-state index in [9.17, 15) is 9.90 Å². The molecule has 0 aliphatic carbocycles. The van der Waals surface area contributed by atoms with Crippen molar-refractivity contribution in [3.05, 3.63) is 35.9 Å². The van der Waals surface area contributed by atoms with E-state index in [0.29, 0.717) is 0 Å². The van der Waals surface area contributed by atoms with Crippen LogP contribution in [0.25, 0.3) is 0 Å². The number of methoxy groups -OCH3 is 1. The highest BCUT2D eigenvalue weighted by molar-refractivity contribution is 5.78. The standard InChI is InChI=1S/C11H14O3.C2H6/c1-8(12)10(11(13)14-2)9-6-4-3-5-7-9;1-2/h3-8,10,12H,1-2H3;1-2H3. The molecule has 0 aromatic heterocycles. The molecule has 90 valence electrons. The molecule has 0 heterocycles. The van der Waals surface area contributed by atoms with Gasteiger partial charge in [-0.3, -0.25) is 4.79 Å². The first-order chi connectivity index (χ1) is 7.66. The molecule has 3 nitrogen and oxygen atoms in total. The summed E-state index contributed by atoms with van der Waals surface area (Å²) in [6, 6.07) is 9.11. The van der Waals surface area contributed by atoms with Gasteiger partial charge < -0.3 is 9.84 Å². The van der Waals surface area contributed by atoms with Crippen molar-refractivity contribution in [1.29, 1.82) is 0 Å². The third kappa shape index (κ3) is 4.03. The second-order valence-corrected chi connectivity index (χ2v) is 3.15. The van der Waals surface area contributed by atoms with Gasteiger partial charge in [0.15, 0.2) is 0 Å². The van der Waals surface area contributed by atoms with Crippen molar-refractivity contribution in [2.75, 3.05) is 7.11 Å². The lowest BCUT2D eigenvalue weighted by Gasteiger charge is -2.17. The molecule has 1 rings (SSSR count). The third-order valence-corrected chi connectivity index (χ3v) is 2.10. The van der Waals surface area contributed by atoms with Crippen LogP contribution < -0.4 is 0 Å². The molecule has 0 radical (unpaired) electrons. The molecular formula is C13H20O3. The maximum absolute atomic E-state index is 11.4. The molecule has 1 aromatic rings. The van der Waals surface area contributed by atoms with Gasteiger partial charge in [-0.05, 0) is 12.5 Å². The zero-order chi connectivity index (χ0) is 12.6. The Morgan fingerprint density at radius 1 is 1.25 bits per heavy atom. The first-order valence-electron chi connectivity index (χ1n) is 5.47.